The Morgan fingerprint density at radius 3 is 2.67 bits per heavy atom. The number of alkyl halides is 1. The second kappa shape index (κ2) is 7.27. The number of benzene rings is 1. The van der Waals surface area contributed by atoms with E-state index < -0.39 is 0 Å². The quantitative estimate of drug-likeness (QED) is 0.770. The maximum absolute atomic E-state index is 12.6. The summed E-state index contributed by atoms with van der Waals surface area (Å²) < 4.78 is 0. The van der Waals surface area contributed by atoms with Crippen molar-refractivity contribution in [2.75, 3.05) is 11.6 Å². The Morgan fingerprint density at radius 2 is 2.10 bits per heavy atom. The van der Waals surface area contributed by atoms with Crippen LogP contribution in [-0.2, 0) is 17.1 Å². The van der Waals surface area contributed by atoms with Crippen molar-refractivity contribution in [3.63, 3.8) is 0 Å². The molecule has 0 bridgehead atoms. The zero-order valence-electron chi connectivity index (χ0n) is 12.3. The molecule has 0 atom stereocenters. The first-order valence-corrected chi connectivity index (χ1v) is 7.50. The molecular weight excluding hydrogens is 286 g/mol. The van der Waals surface area contributed by atoms with Crippen LogP contribution in [0.1, 0.15) is 25.0 Å². The molecular formula is C16H19ClN3O. The Morgan fingerprint density at radius 1 is 1.38 bits per heavy atom. The summed E-state index contributed by atoms with van der Waals surface area (Å²) in [5.74, 6) is 0.684. The zero-order valence-corrected chi connectivity index (χ0v) is 13.0. The minimum Gasteiger partial charge on any atom is -0.273 e. The third-order valence-corrected chi connectivity index (χ3v) is 3.27. The molecule has 0 aliphatic carbocycles. The van der Waals surface area contributed by atoms with Crippen molar-refractivity contribution in [3.05, 3.63) is 53.9 Å². The van der Waals surface area contributed by atoms with Gasteiger partial charge in [0.05, 0.1) is 18.5 Å². The van der Waals surface area contributed by atoms with Gasteiger partial charge in [0.1, 0.15) is 6.20 Å². The normalized spacial score (nSPS) is 10.9. The topological polar surface area (TPSA) is 38.1 Å². The van der Waals surface area contributed by atoms with E-state index in [2.05, 4.69) is 25.1 Å². The predicted octanol–water partition coefficient (Wildman–Crippen LogP) is 2.79. The molecule has 0 aliphatic heterocycles. The first-order valence-electron chi connectivity index (χ1n) is 6.97. The highest BCUT2D eigenvalue weighted by molar-refractivity contribution is 6.17. The molecule has 0 saturated heterocycles. The molecule has 4 nitrogen and oxygen atoms in total. The van der Waals surface area contributed by atoms with Gasteiger partial charge < -0.3 is 0 Å². The lowest BCUT2D eigenvalue weighted by atomic mass is 10.1. The molecule has 1 radical (unpaired) electrons. The molecule has 0 aliphatic rings. The highest BCUT2D eigenvalue weighted by Gasteiger charge is 2.18. The number of hydrogen-bond acceptors (Lipinski definition) is 2. The van der Waals surface area contributed by atoms with Crippen molar-refractivity contribution in [3.8, 4) is 0 Å². The summed E-state index contributed by atoms with van der Waals surface area (Å²) in [7, 11) is 0. The van der Waals surface area contributed by atoms with E-state index in [1.54, 1.807) is 16.0 Å². The predicted molar refractivity (Wildman–Crippen MR) is 83.7 cm³/mol. The molecule has 1 aromatic carbocycles. The van der Waals surface area contributed by atoms with Crippen LogP contribution in [0.2, 0.25) is 0 Å². The summed E-state index contributed by atoms with van der Waals surface area (Å²) in [5, 5.41) is 5.76. The fraction of sp³-hybridized carbons (Fsp3) is 0.375. The Hall–Kier alpha value is -1.81. The van der Waals surface area contributed by atoms with E-state index in [4.69, 9.17) is 11.6 Å². The lowest BCUT2D eigenvalue weighted by Gasteiger charge is -2.24. The second-order valence-corrected chi connectivity index (χ2v) is 5.62. The largest absolute Gasteiger partial charge is 0.273 e. The highest BCUT2D eigenvalue weighted by atomic mass is 35.5. The van der Waals surface area contributed by atoms with Crippen molar-refractivity contribution in [2.24, 2.45) is 5.92 Å². The Balaban J connectivity index is 2.17. The number of aromatic nitrogens is 2. The van der Waals surface area contributed by atoms with Gasteiger partial charge in [0.2, 0.25) is 5.91 Å². The standard InChI is InChI=1S/C16H19ClN3O/c1-13(2)11-19(20-12-15(9-17)10-18-20)16(21)8-14-6-4-3-5-7-14/h3-7,12-13H,8-9,11H2,1-2H3. The molecule has 111 valence electrons. The van der Waals surface area contributed by atoms with Gasteiger partial charge >= 0.3 is 0 Å². The van der Waals surface area contributed by atoms with Crippen LogP contribution in [0.3, 0.4) is 0 Å². The summed E-state index contributed by atoms with van der Waals surface area (Å²) in [6.07, 6.45) is 4.91. The van der Waals surface area contributed by atoms with E-state index in [0.29, 0.717) is 24.8 Å². The van der Waals surface area contributed by atoms with Crippen LogP contribution in [0.5, 0.6) is 0 Å². The van der Waals surface area contributed by atoms with Crippen LogP contribution in [0.15, 0.2) is 36.5 Å². The van der Waals surface area contributed by atoms with Gasteiger partial charge in [0.25, 0.3) is 0 Å². The molecule has 5 heteroatoms. The summed E-state index contributed by atoms with van der Waals surface area (Å²) in [5.41, 5.74) is 1.77. The van der Waals surface area contributed by atoms with Gasteiger partial charge in [-0.05, 0) is 11.5 Å². The average Bonchev–Trinajstić information content (AvgIpc) is 2.94. The van der Waals surface area contributed by atoms with E-state index in [-0.39, 0.29) is 5.91 Å². The third kappa shape index (κ3) is 4.33. The lowest BCUT2D eigenvalue weighted by molar-refractivity contribution is -0.119. The number of nitrogens with zero attached hydrogens (tertiary/aromatic N) is 3. The van der Waals surface area contributed by atoms with Crippen LogP contribution in [-0.4, -0.2) is 22.3 Å². The van der Waals surface area contributed by atoms with Crippen molar-refractivity contribution in [2.45, 2.75) is 26.1 Å². The van der Waals surface area contributed by atoms with E-state index in [0.717, 1.165) is 11.1 Å². The smallest absolute Gasteiger partial charge is 0.247 e. The number of carbonyl (C=O) groups is 1. The van der Waals surface area contributed by atoms with Crippen molar-refractivity contribution in [1.29, 1.82) is 0 Å². The first kappa shape index (κ1) is 15.6. The summed E-state index contributed by atoms with van der Waals surface area (Å²) >= 11 is 5.77. The van der Waals surface area contributed by atoms with Gasteiger partial charge in [-0.15, -0.1) is 16.7 Å². The van der Waals surface area contributed by atoms with Gasteiger partial charge in [-0.3, -0.25) is 4.79 Å². The molecule has 0 fully saturated rings. The minimum absolute atomic E-state index is 0.00697. The maximum atomic E-state index is 12.6. The molecule has 0 saturated carbocycles. The van der Waals surface area contributed by atoms with Crippen LogP contribution >= 0.6 is 11.6 Å². The molecule has 2 aromatic rings. The highest BCUT2D eigenvalue weighted by Crippen LogP contribution is 2.07. The van der Waals surface area contributed by atoms with Gasteiger partial charge in [-0.1, -0.05) is 44.2 Å². The second-order valence-electron chi connectivity index (χ2n) is 5.35. The van der Waals surface area contributed by atoms with Crippen LogP contribution in [0.25, 0.3) is 0 Å². The van der Waals surface area contributed by atoms with E-state index in [1.165, 1.54) is 0 Å². The molecule has 21 heavy (non-hydrogen) atoms. The van der Waals surface area contributed by atoms with Crippen LogP contribution in [0, 0.1) is 12.1 Å². The average molecular weight is 305 g/mol. The number of halogens is 1. The first-order chi connectivity index (χ1) is 10.1. The number of hydrogen-bond donors (Lipinski definition) is 0. The van der Waals surface area contributed by atoms with Crippen molar-refractivity contribution in [1.82, 2.24) is 9.89 Å². The Kier molecular flexibility index (Phi) is 5.39. The van der Waals surface area contributed by atoms with Gasteiger partial charge in [-0.25, -0.2) is 5.01 Å². The number of amides is 1. The fourth-order valence-electron chi connectivity index (χ4n) is 2.01. The van der Waals surface area contributed by atoms with Crippen molar-refractivity contribution >= 4 is 17.5 Å². The van der Waals surface area contributed by atoms with Crippen LogP contribution in [0.4, 0.5) is 0 Å². The molecule has 1 heterocycles. The van der Waals surface area contributed by atoms with Crippen molar-refractivity contribution < 1.29 is 4.79 Å². The molecule has 1 aromatic heterocycles. The summed E-state index contributed by atoms with van der Waals surface area (Å²) in [6, 6.07) is 9.70. The molecule has 0 spiro atoms. The summed E-state index contributed by atoms with van der Waals surface area (Å²) in [4.78, 5) is 14.1. The Bertz CT molecular complexity index is 580. The molecule has 2 rings (SSSR count). The lowest BCUT2D eigenvalue weighted by Crippen LogP contribution is -2.44. The Labute approximate surface area is 130 Å². The fourth-order valence-corrected chi connectivity index (χ4v) is 2.14. The third-order valence-electron chi connectivity index (χ3n) is 2.98. The number of rotatable bonds is 6. The van der Waals surface area contributed by atoms with Gasteiger partial charge in [0.15, 0.2) is 0 Å². The van der Waals surface area contributed by atoms with E-state index >= 15 is 0 Å². The SMILES string of the molecule is CC(C)CN(C(=O)Cc1ccccc1)n1cc(CCl)[c]n1. The molecule has 1 amide bonds. The van der Waals surface area contributed by atoms with Crippen LogP contribution < -0.4 is 5.01 Å². The number of carbonyl (C=O) groups excluding carboxylic acids is 1. The van der Waals surface area contributed by atoms with Gasteiger partial charge in [0, 0.05) is 12.1 Å². The summed E-state index contributed by atoms with van der Waals surface area (Å²) in [6.45, 7) is 4.74. The molecule has 0 N–H and O–H groups in total. The zero-order chi connectivity index (χ0) is 15.2. The van der Waals surface area contributed by atoms with E-state index in [9.17, 15) is 4.79 Å². The van der Waals surface area contributed by atoms with Gasteiger partial charge in [-0.2, -0.15) is 4.79 Å². The van der Waals surface area contributed by atoms with E-state index in [1.807, 2.05) is 30.3 Å². The maximum Gasteiger partial charge on any atom is 0.247 e. The monoisotopic (exact) mass is 304 g/mol. The molecule has 0 unspecified atom stereocenters. The minimum atomic E-state index is 0.00697.